The number of carbonyl (C=O) groups is 1. The van der Waals surface area contributed by atoms with Crippen molar-refractivity contribution in [2.24, 2.45) is 0 Å². The van der Waals surface area contributed by atoms with E-state index in [9.17, 15) is 4.79 Å². The second-order valence-corrected chi connectivity index (χ2v) is 5.15. The van der Waals surface area contributed by atoms with Crippen molar-refractivity contribution in [3.8, 4) is 0 Å². The Bertz CT molecular complexity index is 570. The van der Waals surface area contributed by atoms with Crippen molar-refractivity contribution in [3.05, 3.63) is 30.5 Å². The molecule has 1 unspecified atom stereocenters. The zero-order valence-electron chi connectivity index (χ0n) is 10.9. The van der Waals surface area contributed by atoms with Crippen molar-refractivity contribution in [2.75, 3.05) is 11.9 Å². The number of aromatic amines is 1. The van der Waals surface area contributed by atoms with E-state index in [-0.39, 0.29) is 5.91 Å². The highest BCUT2D eigenvalue weighted by Gasteiger charge is 2.17. The van der Waals surface area contributed by atoms with Crippen molar-refractivity contribution in [2.45, 2.75) is 31.7 Å². The average molecular weight is 257 g/mol. The molecule has 0 saturated carbocycles. The van der Waals surface area contributed by atoms with Gasteiger partial charge in [0.15, 0.2) is 0 Å². The maximum Gasteiger partial charge on any atom is 0.225 e. The summed E-state index contributed by atoms with van der Waals surface area (Å²) in [5.74, 6) is 0.0872. The Morgan fingerprint density at radius 3 is 3.05 bits per heavy atom. The van der Waals surface area contributed by atoms with E-state index in [1.54, 1.807) is 0 Å². The molecule has 3 rings (SSSR count). The van der Waals surface area contributed by atoms with E-state index >= 15 is 0 Å². The topological polar surface area (TPSA) is 56.9 Å². The van der Waals surface area contributed by atoms with Crippen LogP contribution in [0.15, 0.2) is 30.5 Å². The molecule has 1 amide bonds. The molecule has 1 saturated heterocycles. The Balaban J connectivity index is 1.65. The minimum atomic E-state index is 0.0872. The molecular formula is C15H19N3O. The number of benzene rings is 1. The lowest BCUT2D eigenvalue weighted by molar-refractivity contribution is -0.116. The summed E-state index contributed by atoms with van der Waals surface area (Å²) in [4.78, 5) is 15.2. The highest BCUT2D eigenvalue weighted by atomic mass is 16.1. The molecule has 1 fully saturated rings. The van der Waals surface area contributed by atoms with Gasteiger partial charge in [-0.15, -0.1) is 0 Å². The fraction of sp³-hybridized carbons (Fsp3) is 0.400. The Labute approximate surface area is 112 Å². The number of nitrogens with one attached hydrogen (secondary N) is 3. The summed E-state index contributed by atoms with van der Waals surface area (Å²) in [6.45, 7) is 1.03. The van der Waals surface area contributed by atoms with E-state index in [1.807, 2.05) is 30.5 Å². The molecule has 2 aromatic rings. The molecule has 0 bridgehead atoms. The summed E-state index contributed by atoms with van der Waals surface area (Å²) in [6, 6.07) is 8.32. The van der Waals surface area contributed by atoms with Crippen LogP contribution in [-0.4, -0.2) is 23.5 Å². The number of amides is 1. The number of rotatable bonds is 3. The number of fused-ring (bicyclic) bond motifs is 1. The lowest BCUT2D eigenvalue weighted by atomic mass is 10.0. The van der Waals surface area contributed by atoms with Gasteiger partial charge in [0, 0.05) is 29.6 Å². The van der Waals surface area contributed by atoms with Gasteiger partial charge in [-0.2, -0.15) is 0 Å². The predicted molar refractivity (Wildman–Crippen MR) is 77.2 cm³/mol. The number of hydrogen-bond acceptors (Lipinski definition) is 2. The van der Waals surface area contributed by atoms with E-state index < -0.39 is 0 Å². The van der Waals surface area contributed by atoms with Crippen LogP contribution in [0, 0.1) is 0 Å². The smallest absolute Gasteiger partial charge is 0.225 e. The van der Waals surface area contributed by atoms with Crippen LogP contribution in [-0.2, 0) is 4.79 Å². The van der Waals surface area contributed by atoms with E-state index in [0.717, 1.165) is 29.6 Å². The molecule has 1 aliphatic rings. The van der Waals surface area contributed by atoms with E-state index in [1.165, 1.54) is 12.8 Å². The third-order valence-corrected chi connectivity index (χ3v) is 3.71. The molecule has 3 N–H and O–H groups in total. The summed E-state index contributed by atoms with van der Waals surface area (Å²) < 4.78 is 0. The third-order valence-electron chi connectivity index (χ3n) is 3.71. The minimum Gasteiger partial charge on any atom is -0.359 e. The highest BCUT2D eigenvalue weighted by molar-refractivity contribution is 6.01. The Kier molecular flexibility index (Phi) is 3.51. The molecule has 2 heterocycles. The van der Waals surface area contributed by atoms with Crippen LogP contribution in [0.4, 0.5) is 5.69 Å². The molecule has 1 atom stereocenters. The molecule has 100 valence electrons. The van der Waals surface area contributed by atoms with Crippen LogP contribution in [0.5, 0.6) is 0 Å². The lowest BCUT2D eigenvalue weighted by Crippen LogP contribution is -2.36. The Morgan fingerprint density at radius 1 is 1.32 bits per heavy atom. The third kappa shape index (κ3) is 2.79. The summed E-state index contributed by atoms with van der Waals surface area (Å²) >= 11 is 0. The van der Waals surface area contributed by atoms with Crippen molar-refractivity contribution in [1.82, 2.24) is 10.3 Å². The minimum absolute atomic E-state index is 0.0872. The van der Waals surface area contributed by atoms with Gasteiger partial charge >= 0.3 is 0 Å². The first-order valence-electron chi connectivity index (χ1n) is 6.92. The second-order valence-electron chi connectivity index (χ2n) is 5.15. The molecule has 1 aromatic carbocycles. The zero-order valence-corrected chi connectivity index (χ0v) is 10.9. The zero-order chi connectivity index (χ0) is 13.1. The number of carbonyl (C=O) groups excluding carboxylic acids is 1. The molecule has 4 heteroatoms. The number of H-pyrrole nitrogens is 1. The highest BCUT2D eigenvalue weighted by Crippen LogP contribution is 2.22. The number of para-hydroxylation sites is 1. The molecule has 0 radical (unpaired) electrons. The molecular weight excluding hydrogens is 238 g/mol. The van der Waals surface area contributed by atoms with Gasteiger partial charge in [0.1, 0.15) is 0 Å². The molecule has 0 spiro atoms. The second kappa shape index (κ2) is 5.45. The van der Waals surface area contributed by atoms with Crippen molar-refractivity contribution >= 4 is 22.5 Å². The predicted octanol–water partition coefficient (Wildman–Crippen LogP) is 2.64. The van der Waals surface area contributed by atoms with Gasteiger partial charge in [0.25, 0.3) is 0 Å². The number of hydrogen-bond donors (Lipinski definition) is 3. The van der Waals surface area contributed by atoms with Gasteiger partial charge < -0.3 is 15.6 Å². The first kappa shape index (κ1) is 12.2. The normalized spacial score (nSPS) is 19.5. The van der Waals surface area contributed by atoms with Crippen molar-refractivity contribution in [1.29, 1.82) is 0 Å². The van der Waals surface area contributed by atoms with Crippen molar-refractivity contribution in [3.63, 3.8) is 0 Å². The van der Waals surface area contributed by atoms with E-state index in [0.29, 0.717) is 12.5 Å². The van der Waals surface area contributed by atoms with Crippen LogP contribution < -0.4 is 10.6 Å². The fourth-order valence-corrected chi connectivity index (χ4v) is 2.70. The first-order chi connectivity index (χ1) is 9.33. The van der Waals surface area contributed by atoms with E-state index in [4.69, 9.17) is 0 Å². The SMILES string of the molecule is O=C(CC1CCCCN1)Nc1c[nH]c2ccccc12. The maximum atomic E-state index is 12.1. The lowest BCUT2D eigenvalue weighted by Gasteiger charge is -2.22. The van der Waals surface area contributed by atoms with Gasteiger partial charge in [0.05, 0.1) is 5.69 Å². The summed E-state index contributed by atoms with van der Waals surface area (Å²) in [5, 5.41) is 7.46. The van der Waals surface area contributed by atoms with Crippen LogP contribution >= 0.6 is 0 Å². The molecule has 1 aliphatic heterocycles. The number of piperidine rings is 1. The van der Waals surface area contributed by atoms with Gasteiger partial charge in [0.2, 0.25) is 5.91 Å². The maximum absolute atomic E-state index is 12.1. The summed E-state index contributed by atoms with van der Waals surface area (Å²) in [5.41, 5.74) is 1.92. The molecule has 19 heavy (non-hydrogen) atoms. The summed E-state index contributed by atoms with van der Waals surface area (Å²) in [6.07, 6.45) is 5.95. The average Bonchev–Trinajstić information content (AvgIpc) is 2.83. The van der Waals surface area contributed by atoms with E-state index in [2.05, 4.69) is 15.6 Å². The monoisotopic (exact) mass is 257 g/mol. The largest absolute Gasteiger partial charge is 0.359 e. The van der Waals surface area contributed by atoms with Gasteiger partial charge in [-0.3, -0.25) is 4.79 Å². The quantitative estimate of drug-likeness (QED) is 0.791. The molecule has 4 nitrogen and oxygen atoms in total. The Hall–Kier alpha value is -1.81. The molecule has 1 aromatic heterocycles. The standard InChI is InChI=1S/C15H19N3O/c19-15(9-11-5-3-4-8-16-11)18-14-10-17-13-7-2-1-6-12(13)14/h1-2,6-7,10-11,16-17H,3-5,8-9H2,(H,18,19). The van der Waals surface area contributed by atoms with Gasteiger partial charge in [-0.05, 0) is 25.5 Å². The van der Waals surface area contributed by atoms with Crippen LogP contribution in [0.1, 0.15) is 25.7 Å². The molecule has 0 aliphatic carbocycles. The number of aromatic nitrogens is 1. The fourth-order valence-electron chi connectivity index (χ4n) is 2.70. The summed E-state index contributed by atoms with van der Waals surface area (Å²) in [7, 11) is 0. The van der Waals surface area contributed by atoms with Gasteiger partial charge in [-0.25, -0.2) is 0 Å². The van der Waals surface area contributed by atoms with Crippen LogP contribution in [0.2, 0.25) is 0 Å². The number of anilines is 1. The Morgan fingerprint density at radius 2 is 2.21 bits per heavy atom. The van der Waals surface area contributed by atoms with Crippen LogP contribution in [0.25, 0.3) is 10.9 Å². The van der Waals surface area contributed by atoms with Crippen molar-refractivity contribution < 1.29 is 4.79 Å². The van der Waals surface area contributed by atoms with Gasteiger partial charge in [-0.1, -0.05) is 24.6 Å². The van der Waals surface area contributed by atoms with Crippen LogP contribution in [0.3, 0.4) is 0 Å². The first-order valence-corrected chi connectivity index (χ1v) is 6.92.